The van der Waals surface area contributed by atoms with Crippen molar-refractivity contribution in [3.8, 4) is 0 Å². The van der Waals surface area contributed by atoms with Crippen LogP contribution in [-0.4, -0.2) is 22.5 Å². The van der Waals surface area contributed by atoms with E-state index in [0.717, 1.165) is 0 Å². The standard InChI is InChI=1S/C8H11ClN4O2/c1-5(3-10)12-8-7(13(14)15)2-6(9)4-11-8/h2,4-5H,3,10H2,1H3,(H,11,12). The summed E-state index contributed by atoms with van der Waals surface area (Å²) in [7, 11) is 0. The monoisotopic (exact) mass is 230 g/mol. The molecule has 0 radical (unpaired) electrons. The van der Waals surface area contributed by atoms with E-state index in [0.29, 0.717) is 6.54 Å². The zero-order valence-corrected chi connectivity index (χ0v) is 8.86. The predicted molar refractivity (Wildman–Crippen MR) is 58.0 cm³/mol. The van der Waals surface area contributed by atoms with Gasteiger partial charge in [-0.1, -0.05) is 11.6 Å². The Bertz CT molecular complexity index is 372. The second-order valence-electron chi connectivity index (χ2n) is 3.06. The Balaban J connectivity index is 3.01. The van der Waals surface area contributed by atoms with E-state index < -0.39 is 4.92 Å². The minimum Gasteiger partial charge on any atom is -0.361 e. The zero-order valence-electron chi connectivity index (χ0n) is 8.11. The third kappa shape index (κ3) is 3.03. The van der Waals surface area contributed by atoms with E-state index in [1.807, 2.05) is 0 Å². The molecule has 15 heavy (non-hydrogen) atoms. The number of nitro groups is 1. The largest absolute Gasteiger partial charge is 0.361 e. The van der Waals surface area contributed by atoms with Gasteiger partial charge in [-0.2, -0.15) is 0 Å². The third-order valence-electron chi connectivity index (χ3n) is 1.77. The average molecular weight is 231 g/mol. The number of rotatable bonds is 4. The Hall–Kier alpha value is -1.40. The summed E-state index contributed by atoms with van der Waals surface area (Å²) in [5.74, 6) is 0.183. The van der Waals surface area contributed by atoms with Crippen molar-refractivity contribution in [1.82, 2.24) is 4.98 Å². The highest BCUT2D eigenvalue weighted by Gasteiger charge is 2.16. The van der Waals surface area contributed by atoms with E-state index in [1.165, 1.54) is 12.3 Å². The summed E-state index contributed by atoms with van der Waals surface area (Å²) >= 11 is 5.61. The van der Waals surface area contributed by atoms with Crippen LogP contribution in [0.15, 0.2) is 12.3 Å². The number of nitrogens with zero attached hydrogens (tertiary/aromatic N) is 2. The van der Waals surface area contributed by atoms with Crippen molar-refractivity contribution >= 4 is 23.1 Å². The van der Waals surface area contributed by atoms with Crippen molar-refractivity contribution in [3.63, 3.8) is 0 Å². The van der Waals surface area contributed by atoms with Gasteiger partial charge in [0.25, 0.3) is 0 Å². The maximum absolute atomic E-state index is 10.7. The SMILES string of the molecule is CC(CN)Nc1ncc(Cl)cc1[N+](=O)[O-]. The Morgan fingerprint density at radius 1 is 1.80 bits per heavy atom. The Kier molecular flexibility index (Phi) is 3.81. The predicted octanol–water partition coefficient (Wildman–Crippen LogP) is 1.40. The number of pyridine rings is 1. The molecule has 1 unspecified atom stereocenters. The second-order valence-corrected chi connectivity index (χ2v) is 3.50. The molecule has 3 N–H and O–H groups in total. The zero-order chi connectivity index (χ0) is 11.4. The molecule has 1 aromatic rings. The molecule has 6 nitrogen and oxygen atoms in total. The fourth-order valence-corrected chi connectivity index (χ4v) is 1.12. The molecule has 7 heteroatoms. The Labute approximate surface area is 91.6 Å². The second kappa shape index (κ2) is 4.90. The lowest BCUT2D eigenvalue weighted by Gasteiger charge is -2.11. The molecule has 1 aromatic heterocycles. The van der Waals surface area contributed by atoms with E-state index in [2.05, 4.69) is 10.3 Å². The minimum atomic E-state index is -0.537. The van der Waals surface area contributed by atoms with Crippen LogP contribution >= 0.6 is 11.6 Å². The van der Waals surface area contributed by atoms with Crippen LogP contribution in [0.3, 0.4) is 0 Å². The average Bonchev–Trinajstić information content (AvgIpc) is 2.20. The molecule has 0 bridgehead atoms. The first-order valence-corrected chi connectivity index (χ1v) is 4.69. The third-order valence-corrected chi connectivity index (χ3v) is 1.97. The van der Waals surface area contributed by atoms with Crippen LogP contribution in [0, 0.1) is 10.1 Å². The van der Waals surface area contributed by atoms with E-state index in [4.69, 9.17) is 17.3 Å². The molecule has 82 valence electrons. The highest BCUT2D eigenvalue weighted by molar-refractivity contribution is 6.30. The van der Waals surface area contributed by atoms with Gasteiger partial charge in [0.2, 0.25) is 5.82 Å². The van der Waals surface area contributed by atoms with Gasteiger partial charge in [-0.05, 0) is 6.92 Å². The smallest absolute Gasteiger partial charge is 0.312 e. The van der Waals surface area contributed by atoms with Gasteiger partial charge in [0.15, 0.2) is 0 Å². The molecule has 0 saturated carbocycles. The normalized spacial score (nSPS) is 12.2. The molecule has 0 aromatic carbocycles. The summed E-state index contributed by atoms with van der Waals surface area (Å²) in [4.78, 5) is 14.0. The van der Waals surface area contributed by atoms with Gasteiger partial charge in [-0.3, -0.25) is 10.1 Å². The van der Waals surface area contributed by atoms with Crippen LogP contribution in [0.25, 0.3) is 0 Å². The van der Waals surface area contributed by atoms with Crippen molar-refractivity contribution in [2.45, 2.75) is 13.0 Å². The lowest BCUT2D eigenvalue weighted by Crippen LogP contribution is -2.26. The fourth-order valence-electron chi connectivity index (χ4n) is 0.971. The van der Waals surface area contributed by atoms with E-state index in [1.54, 1.807) is 6.92 Å². The van der Waals surface area contributed by atoms with Gasteiger partial charge >= 0.3 is 5.69 Å². The van der Waals surface area contributed by atoms with Crippen LogP contribution in [0.2, 0.25) is 5.02 Å². The fraction of sp³-hybridized carbons (Fsp3) is 0.375. The van der Waals surface area contributed by atoms with E-state index in [-0.39, 0.29) is 22.6 Å². The maximum Gasteiger partial charge on any atom is 0.312 e. The lowest BCUT2D eigenvalue weighted by atomic mass is 10.3. The summed E-state index contributed by atoms with van der Waals surface area (Å²) in [5.41, 5.74) is 5.24. The maximum atomic E-state index is 10.7. The van der Waals surface area contributed by atoms with Gasteiger partial charge in [0.05, 0.1) is 9.95 Å². The highest BCUT2D eigenvalue weighted by Crippen LogP contribution is 2.25. The van der Waals surface area contributed by atoms with Gasteiger partial charge < -0.3 is 11.1 Å². The summed E-state index contributed by atoms with van der Waals surface area (Å²) in [5, 5.41) is 13.7. The summed E-state index contributed by atoms with van der Waals surface area (Å²) in [6.45, 7) is 2.17. The summed E-state index contributed by atoms with van der Waals surface area (Å²) < 4.78 is 0. The van der Waals surface area contributed by atoms with Crippen molar-refractivity contribution in [1.29, 1.82) is 0 Å². The highest BCUT2D eigenvalue weighted by atomic mass is 35.5. The molecule has 1 atom stereocenters. The van der Waals surface area contributed by atoms with Crippen molar-refractivity contribution in [3.05, 3.63) is 27.4 Å². The van der Waals surface area contributed by atoms with E-state index >= 15 is 0 Å². The minimum absolute atomic E-state index is 0.0858. The number of hydrogen-bond acceptors (Lipinski definition) is 5. The molecule has 0 amide bonds. The van der Waals surface area contributed by atoms with Crippen LogP contribution < -0.4 is 11.1 Å². The number of hydrogen-bond donors (Lipinski definition) is 2. The molecule has 0 aliphatic carbocycles. The van der Waals surface area contributed by atoms with Crippen LogP contribution in [0.5, 0.6) is 0 Å². The number of nitrogens with one attached hydrogen (secondary N) is 1. The molecule has 1 heterocycles. The number of nitrogens with two attached hydrogens (primary N) is 1. The Morgan fingerprint density at radius 2 is 2.47 bits per heavy atom. The molecular weight excluding hydrogens is 220 g/mol. The molecule has 0 spiro atoms. The Morgan fingerprint density at radius 3 is 3.00 bits per heavy atom. The first kappa shape index (κ1) is 11.7. The molecule has 1 rings (SSSR count). The molecule has 0 aliphatic rings. The first-order chi connectivity index (χ1) is 7.04. The molecular formula is C8H11ClN4O2. The van der Waals surface area contributed by atoms with Crippen molar-refractivity contribution in [2.75, 3.05) is 11.9 Å². The summed E-state index contributed by atoms with van der Waals surface area (Å²) in [6, 6.07) is 1.16. The summed E-state index contributed by atoms with van der Waals surface area (Å²) in [6.07, 6.45) is 1.35. The van der Waals surface area contributed by atoms with Crippen molar-refractivity contribution < 1.29 is 4.92 Å². The van der Waals surface area contributed by atoms with Crippen LogP contribution in [0.1, 0.15) is 6.92 Å². The van der Waals surface area contributed by atoms with Gasteiger partial charge in [-0.25, -0.2) is 4.98 Å². The number of aromatic nitrogens is 1. The molecule has 0 aliphatic heterocycles. The van der Waals surface area contributed by atoms with Gasteiger partial charge in [0.1, 0.15) is 0 Å². The topological polar surface area (TPSA) is 94.1 Å². The lowest BCUT2D eigenvalue weighted by molar-refractivity contribution is -0.384. The van der Waals surface area contributed by atoms with Gasteiger partial charge in [0, 0.05) is 24.8 Å². The quantitative estimate of drug-likeness (QED) is 0.602. The number of halogens is 1. The van der Waals surface area contributed by atoms with E-state index in [9.17, 15) is 10.1 Å². The van der Waals surface area contributed by atoms with Crippen LogP contribution in [0.4, 0.5) is 11.5 Å². The van der Waals surface area contributed by atoms with Gasteiger partial charge in [-0.15, -0.1) is 0 Å². The molecule has 0 fully saturated rings. The number of anilines is 1. The van der Waals surface area contributed by atoms with Crippen molar-refractivity contribution in [2.24, 2.45) is 5.73 Å². The first-order valence-electron chi connectivity index (χ1n) is 4.31. The molecule has 0 saturated heterocycles. The van der Waals surface area contributed by atoms with Crippen LogP contribution in [-0.2, 0) is 0 Å².